The van der Waals surface area contributed by atoms with Crippen molar-refractivity contribution in [1.82, 2.24) is 14.4 Å². The van der Waals surface area contributed by atoms with E-state index in [4.69, 9.17) is 9.72 Å². The van der Waals surface area contributed by atoms with Crippen molar-refractivity contribution >= 4 is 17.3 Å². The van der Waals surface area contributed by atoms with Gasteiger partial charge in [-0.15, -0.1) is 0 Å². The molecule has 0 unspecified atom stereocenters. The fourth-order valence-electron chi connectivity index (χ4n) is 2.32. The number of aromatic nitrogens is 3. The number of imidazole rings is 1. The first kappa shape index (κ1) is 15.6. The van der Waals surface area contributed by atoms with Gasteiger partial charge in [0.15, 0.2) is 11.5 Å². The van der Waals surface area contributed by atoms with Gasteiger partial charge in [-0.25, -0.2) is 9.97 Å². The number of methoxy groups -OCH3 is 1. The second-order valence-corrected chi connectivity index (χ2v) is 5.47. The zero-order valence-electron chi connectivity index (χ0n) is 13.3. The summed E-state index contributed by atoms with van der Waals surface area (Å²) in [6, 6.07) is 0. The zero-order valence-corrected chi connectivity index (χ0v) is 13.3. The molecule has 2 heterocycles. The Morgan fingerprint density at radius 1 is 1.43 bits per heavy atom. The van der Waals surface area contributed by atoms with E-state index in [-0.39, 0.29) is 0 Å². The quantitative estimate of drug-likeness (QED) is 0.808. The van der Waals surface area contributed by atoms with Crippen molar-refractivity contribution in [3.63, 3.8) is 0 Å². The Labute approximate surface area is 126 Å². The van der Waals surface area contributed by atoms with Gasteiger partial charge in [-0.2, -0.15) is 0 Å². The van der Waals surface area contributed by atoms with Gasteiger partial charge in [-0.05, 0) is 12.8 Å². The van der Waals surface area contributed by atoms with E-state index in [2.05, 4.69) is 36.0 Å². The lowest BCUT2D eigenvalue weighted by Crippen LogP contribution is -2.32. The summed E-state index contributed by atoms with van der Waals surface area (Å²) < 4.78 is 7.25. The summed E-state index contributed by atoms with van der Waals surface area (Å²) in [6.45, 7) is 9.72. The van der Waals surface area contributed by atoms with Gasteiger partial charge in [0.1, 0.15) is 5.82 Å². The molecule has 0 atom stereocenters. The third-order valence-electron chi connectivity index (χ3n) is 3.16. The Kier molecular flexibility index (Phi) is 5.38. The highest BCUT2D eigenvalue weighted by Gasteiger charge is 2.16. The van der Waals surface area contributed by atoms with Crippen LogP contribution in [0.3, 0.4) is 0 Å². The van der Waals surface area contributed by atoms with E-state index in [9.17, 15) is 0 Å². The van der Waals surface area contributed by atoms with Crippen LogP contribution >= 0.6 is 0 Å². The van der Waals surface area contributed by atoms with E-state index in [0.717, 1.165) is 36.9 Å². The monoisotopic (exact) mass is 291 g/mol. The third kappa shape index (κ3) is 3.85. The summed E-state index contributed by atoms with van der Waals surface area (Å²) >= 11 is 0. The van der Waals surface area contributed by atoms with Crippen LogP contribution in [0.25, 0.3) is 5.65 Å². The van der Waals surface area contributed by atoms with Crippen LogP contribution < -0.4 is 10.2 Å². The van der Waals surface area contributed by atoms with Crippen molar-refractivity contribution in [2.75, 3.05) is 43.6 Å². The molecule has 0 aliphatic heterocycles. The van der Waals surface area contributed by atoms with Crippen molar-refractivity contribution in [1.29, 1.82) is 0 Å². The molecule has 2 rings (SSSR count). The van der Waals surface area contributed by atoms with Gasteiger partial charge >= 0.3 is 0 Å². The Balaban J connectivity index is 2.40. The minimum Gasteiger partial charge on any atom is -0.383 e. The molecule has 1 N–H and O–H groups in total. The Morgan fingerprint density at radius 2 is 2.24 bits per heavy atom. The predicted molar refractivity (Wildman–Crippen MR) is 86.1 cm³/mol. The van der Waals surface area contributed by atoms with Crippen molar-refractivity contribution in [3.05, 3.63) is 18.6 Å². The van der Waals surface area contributed by atoms with E-state index in [1.165, 1.54) is 0 Å². The highest BCUT2D eigenvalue weighted by atomic mass is 16.5. The molecule has 0 saturated heterocycles. The number of ether oxygens (including phenoxy) is 1. The minimum absolute atomic E-state index is 0.543. The first-order valence-corrected chi connectivity index (χ1v) is 7.47. The number of anilines is 2. The average Bonchev–Trinajstić information content (AvgIpc) is 2.91. The third-order valence-corrected chi connectivity index (χ3v) is 3.16. The lowest BCUT2D eigenvalue weighted by Gasteiger charge is -2.26. The molecular formula is C15H25N5O. The Morgan fingerprint density at radius 3 is 2.90 bits per heavy atom. The largest absolute Gasteiger partial charge is 0.383 e. The van der Waals surface area contributed by atoms with Gasteiger partial charge in [-0.3, -0.25) is 0 Å². The molecule has 6 heteroatoms. The van der Waals surface area contributed by atoms with Crippen LogP contribution in [-0.2, 0) is 4.74 Å². The SMILES string of the molecule is CCNc1cn2ccnc2c(N(CCOC)CC(C)C)n1. The van der Waals surface area contributed by atoms with Crippen LogP contribution in [0.15, 0.2) is 18.6 Å². The van der Waals surface area contributed by atoms with Crippen LogP contribution in [0.1, 0.15) is 20.8 Å². The molecular weight excluding hydrogens is 266 g/mol. The van der Waals surface area contributed by atoms with Crippen LogP contribution in [0, 0.1) is 5.92 Å². The second kappa shape index (κ2) is 7.26. The summed E-state index contributed by atoms with van der Waals surface area (Å²) in [6.07, 6.45) is 5.73. The van der Waals surface area contributed by atoms with Gasteiger partial charge in [0.25, 0.3) is 0 Å². The molecule has 6 nitrogen and oxygen atoms in total. The highest BCUT2D eigenvalue weighted by Crippen LogP contribution is 2.21. The number of fused-ring (bicyclic) bond motifs is 1. The number of hydrogen-bond donors (Lipinski definition) is 1. The molecule has 0 spiro atoms. The Bertz CT molecular complexity index is 566. The highest BCUT2D eigenvalue weighted by molar-refractivity contribution is 5.66. The second-order valence-electron chi connectivity index (χ2n) is 5.47. The molecule has 0 bridgehead atoms. The molecule has 0 aliphatic rings. The fourth-order valence-corrected chi connectivity index (χ4v) is 2.32. The molecule has 0 fully saturated rings. The van der Waals surface area contributed by atoms with Crippen LogP contribution in [0.4, 0.5) is 11.6 Å². The van der Waals surface area contributed by atoms with Crippen LogP contribution in [-0.4, -0.2) is 47.7 Å². The zero-order chi connectivity index (χ0) is 15.2. The predicted octanol–water partition coefficient (Wildman–Crippen LogP) is 2.27. The number of nitrogens with one attached hydrogen (secondary N) is 1. The maximum Gasteiger partial charge on any atom is 0.180 e. The first-order valence-electron chi connectivity index (χ1n) is 7.47. The maximum atomic E-state index is 5.23. The number of hydrogen-bond acceptors (Lipinski definition) is 5. The summed E-state index contributed by atoms with van der Waals surface area (Å²) in [5, 5.41) is 3.28. The van der Waals surface area contributed by atoms with E-state index in [1.807, 2.05) is 16.8 Å². The minimum atomic E-state index is 0.543. The van der Waals surface area contributed by atoms with Crippen molar-refractivity contribution in [2.24, 2.45) is 5.92 Å². The maximum absolute atomic E-state index is 5.23. The standard InChI is InChI=1S/C15H25N5O/c1-5-16-13-11-19-7-6-17-14(19)15(18-13)20(8-9-21-4)10-12(2)3/h6-7,11-12,16H,5,8-10H2,1-4H3. The lowest BCUT2D eigenvalue weighted by atomic mass is 10.2. The molecule has 0 amide bonds. The van der Waals surface area contributed by atoms with E-state index in [1.54, 1.807) is 13.3 Å². The summed E-state index contributed by atoms with van der Waals surface area (Å²) in [5.74, 6) is 2.31. The van der Waals surface area contributed by atoms with Crippen molar-refractivity contribution < 1.29 is 4.74 Å². The van der Waals surface area contributed by atoms with Crippen molar-refractivity contribution in [3.8, 4) is 0 Å². The van der Waals surface area contributed by atoms with Gasteiger partial charge in [0, 0.05) is 39.1 Å². The molecule has 0 radical (unpaired) electrons. The molecule has 0 aliphatic carbocycles. The van der Waals surface area contributed by atoms with E-state index in [0.29, 0.717) is 12.5 Å². The summed E-state index contributed by atoms with van der Waals surface area (Å²) in [7, 11) is 1.72. The van der Waals surface area contributed by atoms with Crippen LogP contribution in [0.5, 0.6) is 0 Å². The molecule has 0 saturated carbocycles. The first-order chi connectivity index (χ1) is 10.2. The number of nitrogens with zero attached hydrogens (tertiary/aromatic N) is 4. The Hall–Kier alpha value is -1.82. The smallest absolute Gasteiger partial charge is 0.180 e. The molecule has 21 heavy (non-hydrogen) atoms. The van der Waals surface area contributed by atoms with Gasteiger partial charge in [0.2, 0.25) is 0 Å². The lowest BCUT2D eigenvalue weighted by molar-refractivity contribution is 0.204. The summed E-state index contributed by atoms with van der Waals surface area (Å²) in [5.41, 5.74) is 0.883. The number of rotatable bonds is 8. The van der Waals surface area contributed by atoms with Gasteiger partial charge in [0.05, 0.1) is 12.8 Å². The van der Waals surface area contributed by atoms with E-state index >= 15 is 0 Å². The fraction of sp³-hybridized carbons (Fsp3) is 0.600. The molecule has 2 aromatic heterocycles. The van der Waals surface area contributed by atoms with Crippen LogP contribution in [0.2, 0.25) is 0 Å². The molecule has 0 aromatic carbocycles. The molecule has 2 aromatic rings. The van der Waals surface area contributed by atoms with Gasteiger partial charge < -0.3 is 19.4 Å². The van der Waals surface area contributed by atoms with E-state index < -0.39 is 0 Å². The van der Waals surface area contributed by atoms with Gasteiger partial charge in [-0.1, -0.05) is 13.8 Å². The average molecular weight is 291 g/mol. The normalized spacial score (nSPS) is 11.3. The topological polar surface area (TPSA) is 54.7 Å². The summed E-state index contributed by atoms with van der Waals surface area (Å²) in [4.78, 5) is 11.4. The van der Waals surface area contributed by atoms with Crippen molar-refractivity contribution in [2.45, 2.75) is 20.8 Å². The molecule has 116 valence electrons.